The molecule has 0 aromatic heterocycles. The van der Waals surface area contributed by atoms with E-state index < -0.39 is 6.04 Å². The highest BCUT2D eigenvalue weighted by atomic mass is 16.5. The predicted octanol–water partition coefficient (Wildman–Crippen LogP) is 2.34. The molecule has 0 rings (SSSR count). The monoisotopic (exact) mass is 215 g/mol. The number of nitrogens with two attached hydrogens (primary N) is 1. The Labute approximate surface area is 93.4 Å². The Balaban J connectivity index is 3.47. The molecule has 0 spiro atoms. The van der Waals surface area contributed by atoms with Gasteiger partial charge in [-0.25, -0.2) is 0 Å². The van der Waals surface area contributed by atoms with Crippen molar-refractivity contribution >= 4 is 5.97 Å². The SMILES string of the molecule is CC(C)CCCCOC(=O)[C@@H](N)C(C)C. The van der Waals surface area contributed by atoms with Crippen LogP contribution in [-0.4, -0.2) is 18.6 Å². The van der Waals surface area contributed by atoms with Crippen molar-refractivity contribution < 1.29 is 9.53 Å². The molecule has 0 unspecified atom stereocenters. The molecule has 0 saturated carbocycles. The molecular formula is C12H25NO2. The highest BCUT2D eigenvalue weighted by molar-refractivity contribution is 5.75. The molecule has 0 bridgehead atoms. The lowest BCUT2D eigenvalue weighted by atomic mass is 10.1. The zero-order valence-corrected chi connectivity index (χ0v) is 10.5. The molecule has 0 saturated heterocycles. The fourth-order valence-corrected chi connectivity index (χ4v) is 1.20. The minimum atomic E-state index is -0.477. The highest BCUT2D eigenvalue weighted by Crippen LogP contribution is 2.07. The lowest BCUT2D eigenvalue weighted by Crippen LogP contribution is -2.37. The Morgan fingerprint density at radius 1 is 1.20 bits per heavy atom. The molecule has 0 radical (unpaired) electrons. The van der Waals surface area contributed by atoms with E-state index in [1.807, 2.05) is 13.8 Å². The van der Waals surface area contributed by atoms with Crippen LogP contribution in [-0.2, 0) is 9.53 Å². The molecule has 0 fully saturated rings. The van der Waals surface area contributed by atoms with E-state index in [0.717, 1.165) is 18.8 Å². The van der Waals surface area contributed by atoms with Gasteiger partial charge in [-0.2, -0.15) is 0 Å². The minimum absolute atomic E-state index is 0.146. The van der Waals surface area contributed by atoms with Crippen molar-refractivity contribution in [1.29, 1.82) is 0 Å². The summed E-state index contributed by atoms with van der Waals surface area (Å²) in [5.41, 5.74) is 5.65. The van der Waals surface area contributed by atoms with Crippen molar-refractivity contribution in [1.82, 2.24) is 0 Å². The van der Waals surface area contributed by atoms with Gasteiger partial charge < -0.3 is 10.5 Å². The summed E-state index contributed by atoms with van der Waals surface area (Å²) in [6, 6.07) is -0.477. The van der Waals surface area contributed by atoms with Crippen molar-refractivity contribution in [3.05, 3.63) is 0 Å². The minimum Gasteiger partial charge on any atom is -0.465 e. The van der Waals surface area contributed by atoms with Gasteiger partial charge in [-0.1, -0.05) is 34.1 Å². The first-order chi connectivity index (χ1) is 6.95. The van der Waals surface area contributed by atoms with Gasteiger partial charge in [-0.05, 0) is 24.7 Å². The lowest BCUT2D eigenvalue weighted by molar-refractivity contribution is -0.146. The van der Waals surface area contributed by atoms with Gasteiger partial charge in [0.1, 0.15) is 6.04 Å². The number of hydrogen-bond donors (Lipinski definition) is 1. The Bertz CT molecular complexity index is 178. The third-order valence-corrected chi connectivity index (χ3v) is 2.41. The second-order valence-electron chi connectivity index (χ2n) is 4.83. The summed E-state index contributed by atoms with van der Waals surface area (Å²) in [7, 11) is 0. The Hall–Kier alpha value is -0.570. The third kappa shape index (κ3) is 7.37. The summed E-state index contributed by atoms with van der Waals surface area (Å²) in [5, 5.41) is 0. The predicted molar refractivity (Wildman–Crippen MR) is 62.5 cm³/mol. The van der Waals surface area contributed by atoms with Crippen LogP contribution in [0.25, 0.3) is 0 Å². The largest absolute Gasteiger partial charge is 0.465 e. The van der Waals surface area contributed by atoms with E-state index in [1.165, 1.54) is 6.42 Å². The maximum atomic E-state index is 11.3. The molecule has 0 aliphatic heterocycles. The van der Waals surface area contributed by atoms with Gasteiger partial charge in [-0.3, -0.25) is 4.79 Å². The van der Waals surface area contributed by atoms with Crippen molar-refractivity contribution in [2.45, 2.75) is 53.0 Å². The number of rotatable bonds is 7. The Morgan fingerprint density at radius 3 is 2.27 bits per heavy atom. The van der Waals surface area contributed by atoms with E-state index in [4.69, 9.17) is 10.5 Å². The summed E-state index contributed by atoms with van der Waals surface area (Å²) < 4.78 is 5.08. The van der Waals surface area contributed by atoms with Gasteiger partial charge in [-0.15, -0.1) is 0 Å². The lowest BCUT2D eigenvalue weighted by Gasteiger charge is -2.14. The molecule has 2 N–H and O–H groups in total. The summed E-state index contributed by atoms with van der Waals surface area (Å²) in [5.74, 6) is 0.598. The van der Waals surface area contributed by atoms with Gasteiger partial charge >= 0.3 is 5.97 Å². The summed E-state index contributed by atoms with van der Waals surface area (Å²) in [6.07, 6.45) is 3.24. The van der Waals surface area contributed by atoms with E-state index in [0.29, 0.717) is 6.61 Å². The van der Waals surface area contributed by atoms with Crippen molar-refractivity contribution in [3.63, 3.8) is 0 Å². The normalized spacial score (nSPS) is 13.3. The van der Waals surface area contributed by atoms with Crippen LogP contribution in [0.2, 0.25) is 0 Å². The average molecular weight is 215 g/mol. The van der Waals surface area contributed by atoms with Gasteiger partial charge in [0.2, 0.25) is 0 Å². The maximum Gasteiger partial charge on any atom is 0.323 e. The number of carbonyl (C=O) groups is 1. The fraction of sp³-hybridized carbons (Fsp3) is 0.917. The van der Waals surface area contributed by atoms with E-state index in [1.54, 1.807) is 0 Å². The number of esters is 1. The van der Waals surface area contributed by atoms with Crippen molar-refractivity contribution in [2.24, 2.45) is 17.6 Å². The Kier molecular flexibility index (Phi) is 7.39. The van der Waals surface area contributed by atoms with Crippen LogP contribution in [0, 0.1) is 11.8 Å². The van der Waals surface area contributed by atoms with Crippen LogP contribution in [0.3, 0.4) is 0 Å². The van der Waals surface area contributed by atoms with Gasteiger partial charge in [0, 0.05) is 0 Å². The summed E-state index contributed by atoms with van der Waals surface area (Å²) in [4.78, 5) is 11.3. The van der Waals surface area contributed by atoms with Crippen molar-refractivity contribution in [3.8, 4) is 0 Å². The highest BCUT2D eigenvalue weighted by Gasteiger charge is 2.18. The topological polar surface area (TPSA) is 52.3 Å². The maximum absolute atomic E-state index is 11.3. The molecule has 15 heavy (non-hydrogen) atoms. The van der Waals surface area contributed by atoms with Crippen LogP contribution in [0.1, 0.15) is 47.0 Å². The molecule has 1 atom stereocenters. The smallest absolute Gasteiger partial charge is 0.323 e. The quantitative estimate of drug-likeness (QED) is 0.524. The number of hydrogen-bond acceptors (Lipinski definition) is 3. The van der Waals surface area contributed by atoms with Crippen LogP contribution < -0.4 is 5.73 Å². The molecule has 3 nitrogen and oxygen atoms in total. The molecule has 0 amide bonds. The fourth-order valence-electron chi connectivity index (χ4n) is 1.20. The molecular weight excluding hydrogens is 190 g/mol. The number of carbonyl (C=O) groups excluding carboxylic acids is 1. The first-order valence-corrected chi connectivity index (χ1v) is 5.87. The van der Waals surface area contributed by atoms with E-state index >= 15 is 0 Å². The van der Waals surface area contributed by atoms with Crippen LogP contribution in [0.15, 0.2) is 0 Å². The molecule has 3 heteroatoms. The molecule has 0 heterocycles. The standard InChI is InChI=1S/C12H25NO2/c1-9(2)7-5-6-8-15-12(14)11(13)10(3)4/h9-11H,5-8,13H2,1-4H3/t11-/m0/s1. The van der Waals surface area contributed by atoms with Crippen LogP contribution >= 0.6 is 0 Å². The number of unbranched alkanes of at least 4 members (excludes halogenated alkanes) is 1. The van der Waals surface area contributed by atoms with Gasteiger partial charge in [0.05, 0.1) is 6.61 Å². The van der Waals surface area contributed by atoms with Crippen LogP contribution in [0.5, 0.6) is 0 Å². The van der Waals surface area contributed by atoms with E-state index in [-0.39, 0.29) is 11.9 Å². The van der Waals surface area contributed by atoms with E-state index in [2.05, 4.69) is 13.8 Å². The molecule has 0 aliphatic rings. The zero-order chi connectivity index (χ0) is 11.8. The van der Waals surface area contributed by atoms with Crippen molar-refractivity contribution in [2.75, 3.05) is 6.61 Å². The third-order valence-electron chi connectivity index (χ3n) is 2.41. The first-order valence-electron chi connectivity index (χ1n) is 5.87. The summed E-state index contributed by atoms with van der Waals surface area (Å²) in [6.45, 7) is 8.74. The Morgan fingerprint density at radius 2 is 1.80 bits per heavy atom. The molecule has 0 aromatic carbocycles. The van der Waals surface area contributed by atoms with Gasteiger partial charge in [0.15, 0.2) is 0 Å². The average Bonchev–Trinajstić information content (AvgIpc) is 2.15. The second-order valence-corrected chi connectivity index (χ2v) is 4.83. The molecule has 90 valence electrons. The second kappa shape index (κ2) is 7.69. The van der Waals surface area contributed by atoms with E-state index in [9.17, 15) is 4.79 Å². The van der Waals surface area contributed by atoms with Crippen LogP contribution in [0.4, 0.5) is 0 Å². The summed E-state index contributed by atoms with van der Waals surface area (Å²) >= 11 is 0. The molecule has 0 aliphatic carbocycles. The van der Waals surface area contributed by atoms with Gasteiger partial charge in [0.25, 0.3) is 0 Å². The first kappa shape index (κ1) is 14.4. The number of ether oxygens (including phenoxy) is 1. The molecule has 0 aromatic rings. The zero-order valence-electron chi connectivity index (χ0n) is 10.5.